The second-order valence-electron chi connectivity index (χ2n) is 3.90. The highest BCUT2D eigenvalue weighted by atomic mass is 16.5. The smallest absolute Gasteiger partial charge is 0.119 e. The van der Waals surface area contributed by atoms with Crippen molar-refractivity contribution < 1.29 is 9.47 Å². The number of nitrogens with zero attached hydrogens (tertiary/aromatic N) is 2. The summed E-state index contributed by atoms with van der Waals surface area (Å²) in [5, 5.41) is 3.24. The average molecular weight is 259 g/mol. The minimum Gasteiger partial charge on any atom is -0.497 e. The van der Waals surface area contributed by atoms with Gasteiger partial charge in [0, 0.05) is 31.7 Å². The van der Waals surface area contributed by atoms with E-state index < -0.39 is 0 Å². The lowest BCUT2D eigenvalue weighted by molar-refractivity contribution is 0.312. The number of benzene rings is 1. The highest BCUT2D eigenvalue weighted by molar-refractivity contribution is 5.31. The topological polar surface area (TPSA) is 56.3 Å². The fraction of sp³-hybridized carbons (Fsp3) is 0.286. The van der Waals surface area contributed by atoms with Crippen LogP contribution < -0.4 is 14.8 Å². The number of aromatic nitrogens is 2. The molecule has 0 saturated carbocycles. The van der Waals surface area contributed by atoms with E-state index in [1.165, 1.54) is 0 Å². The molecule has 0 unspecified atom stereocenters. The molecule has 100 valence electrons. The Hall–Kier alpha value is -2.14. The molecule has 0 aliphatic rings. The van der Waals surface area contributed by atoms with E-state index in [0.717, 1.165) is 23.7 Å². The number of rotatable bonds is 7. The predicted molar refractivity (Wildman–Crippen MR) is 72.2 cm³/mol. The SMILES string of the molecule is COc1ccc(OCCNCc2cnccn2)cc1. The Morgan fingerprint density at radius 2 is 1.89 bits per heavy atom. The molecule has 0 aliphatic heterocycles. The van der Waals surface area contributed by atoms with Gasteiger partial charge in [-0.2, -0.15) is 0 Å². The highest BCUT2D eigenvalue weighted by Gasteiger charge is 1.96. The summed E-state index contributed by atoms with van der Waals surface area (Å²) >= 11 is 0. The third kappa shape index (κ3) is 4.56. The van der Waals surface area contributed by atoms with Crippen molar-refractivity contribution in [3.8, 4) is 11.5 Å². The molecular weight excluding hydrogens is 242 g/mol. The average Bonchev–Trinajstić information content (AvgIpc) is 2.49. The van der Waals surface area contributed by atoms with Gasteiger partial charge >= 0.3 is 0 Å². The maximum Gasteiger partial charge on any atom is 0.119 e. The molecule has 0 spiro atoms. The molecular formula is C14H17N3O2. The Morgan fingerprint density at radius 3 is 2.58 bits per heavy atom. The van der Waals surface area contributed by atoms with E-state index in [-0.39, 0.29) is 0 Å². The van der Waals surface area contributed by atoms with E-state index in [4.69, 9.17) is 9.47 Å². The summed E-state index contributed by atoms with van der Waals surface area (Å²) in [6, 6.07) is 7.54. The monoisotopic (exact) mass is 259 g/mol. The van der Waals surface area contributed by atoms with Crippen LogP contribution in [0, 0.1) is 0 Å². The molecule has 0 radical (unpaired) electrons. The number of methoxy groups -OCH3 is 1. The lowest BCUT2D eigenvalue weighted by atomic mass is 10.3. The minimum absolute atomic E-state index is 0.604. The Morgan fingerprint density at radius 1 is 1.11 bits per heavy atom. The summed E-state index contributed by atoms with van der Waals surface area (Å²) < 4.78 is 10.7. The van der Waals surface area contributed by atoms with Gasteiger partial charge in [0.1, 0.15) is 18.1 Å². The zero-order valence-electron chi connectivity index (χ0n) is 10.9. The van der Waals surface area contributed by atoms with E-state index in [1.807, 2.05) is 24.3 Å². The summed E-state index contributed by atoms with van der Waals surface area (Å²) in [4.78, 5) is 8.18. The number of hydrogen-bond donors (Lipinski definition) is 1. The zero-order chi connectivity index (χ0) is 13.3. The van der Waals surface area contributed by atoms with E-state index in [9.17, 15) is 0 Å². The van der Waals surface area contributed by atoms with Gasteiger partial charge in [-0.05, 0) is 24.3 Å². The Bertz CT molecular complexity index is 474. The molecule has 5 nitrogen and oxygen atoms in total. The fourth-order valence-corrected chi connectivity index (χ4v) is 1.55. The van der Waals surface area contributed by atoms with Crippen molar-refractivity contribution >= 4 is 0 Å². The molecule has 0 amide bonds. The first-order valence-corrected chi connectivity index (χ1v) is 6.11. The molecule has 1 aromatic carbocycles. The normalized spacial score (nSPS) is 10.2. The van der Waals surface area contributed by atoms with Crippen molar-refractivity contribution in [3.63, 3.8) is 0 Å². The standard InChI is InChI=1S/C14H17N3O2/c1-18-13-2-4-14(5-3-13)19-9-8-16-11-12-10-15-6-7-17-12/h2-7,10,16H,8-9,11H2,1H3. The summed E-state index contributed by atoms with van der Waals surface area (Å²) in [5.41, 5.74) is 0.923. The first-order chi connectivity index (χ1) is 9.38. The van der Waals surface area contributed by atoms with E-state index in [1.54, 1.807) is 25.7 Å². The molecule has 19 heavy (non-hydrogen) atoms. The van der Waals surface area contributed by atoms with Gasteiger partial charge in [-0.25, -0.2) is 0 Å². The van der Waals surface area contributed by atoms with Crippen LogP contribution in [0.3, 0.4) is 0 Å². The van der Waals surface area contributed by atoms with Gasteiger partial charge < -0.3 is 14.8 Å². The van der Waals surface area contributed by atoms with Crippen molar-refractivity contribution in [2.75, 3.05) is 20.3 Å². The van der Waals surface area contributed by atoms with Crippen LogP contribution in [0.15, 0.2) is 42.9 Å². The predicted octanol–water partition coefficient (Wildman–Crippen LogP) is 1.65. The van der Waals surface area contributed by atoms with Crippen molar-refractivity contribution in [2.45, 2.75) is 6.54 Å². The first-order valence-electron chi connectivity index (χ1n) is 6.11. The van der Waals surface area contributed by atoms with Crippen molar-refractivity contribution in [1.82, 2.24) is 15.3 Å². The van der Waals surface area contributed by atoms with Gasteiger partial charge in [0.05, 0.1) is 12.8 Å². The van der Waals surface area contributed by atoms with Crippen LogP contribution in [0.1, 0.15) is 5.69 Å². The second kappa shape index (κ2) is 7.33. The molecule has 5 heteroatoms. The van der Waals surface area contributed by atoms with Crippen LogP contribution >= 0.6 is 0 Å². The molecule has 1 heterocycles. The van der Waals surface area contributed by atoms with Crippen LogP contribution in [0.2, 0.25) is 0 Å². The highest BCUT2D eigenvalue weighted by Crippen LogP contribution is 2.16. The minimum atomic E-state index is 0.604. The Labute approximate surface area is 112 Å². The number of nitrogens with one attached hydrogen (secondary N) is 1. The lowest BCUT2D eigenvalue weighted by Gasteiger charge is -2.07. The first kappa shape index (κ1) is 13.3. The molecule has 0 fully saturated rings. The van der Waals surface area contributed by atoms with Crippen LogP contribution in [-0.2, 0) is 6.54 Å². The van der Waals surface area contributed by atoms with Gasteiger partial charge in [0.15, 0.2) is 0 Å². The maximum atomic E-state index is 5.59. The third-order valence-electron chi connectivity index (χ3n) is 2.53. The van der Waals surface area contributed by atoms with Gasteiger partial charge in [0.25, 0.3) is 0 Å². The number of hydrogen-bond acceptors (Lipinski definition) is 5. The van der Waals surface area contributed by atoms with E-state index in [2.05, 4.69) is 15.3 Å². The second-order valence-corrected chi connectivity index (χ2v) is 3.90. The summed E-state index contributed by atoms with van der Waals surface area (Å²) in [5.74, 6) is 1.66. The quantitative estimate of drug-likeness (QED) is 0.766. The van der Waals surface area contributed by atoms with Crippen LogP contribution in [0.4, 0.5) is 0 Å². The van der Waals surface area contributed by atoms with Gasteiger partial charge in [-0.3, -0.25) is 9.97 Å². The lowest BCUT2D eigenvalue weighted by Crippen LogP contribution is -2.21. The third-order valence-corrected chi connectivity index (χ3v) is 2.53. The van der Waals surface area contributed by atoms with Gasteiger partial charge in [0.2, 0.25) is 0 Å². The largest absolute Gasteiger partial charge is 0.497 e. The van der Waals surface area contributed by atoms with Crippen LogP contribution in [0.5, 0.6) is 11.5 Å². The molecule has 0 saturated heterocycles. The van der Waals surface area contributed by atoms with Crippen molar-refractivity contribution in [3.05, 3.63) is 48.5 Å². The summed E-state index contributed by atoms with van der Waals surface area (Å²) in [7, 11) is 1.65. The molecule has 0 bridgehead atoms. The molecule has 1 N–H and O–H groups in total. The van der Waals surface area contributed by atoms with E-state index >= 15 is 0 Å². The van der Waals surface area contributed by atoms with Gasteiger partial charge in [-0.1, -0.05) is 0 Å². The molecule has 2 rings (SSSR count). The number of ether oxygens (including phenoxy) is 2. The molecule has 2 aromatic rings. The Kier molecular flexibility index (Phi) is 5.13. The summed E-state index contributed by atoms with van der Waals surface area (Å²) in [6.45, 7) is 2.05. The van der Waals surface area contributed by atoms with Crippen LogP contribution in [0.25, 0.3) is 0 Å². The summed E-state index contributed by atoms with van der Waals surface area (Å²) in [6.07, 6.45) is 5.10. The fourth-order valence-electron chi connectivity index (χ4n) is 1.55. The molecule has 1 aromatic heterocycles. The van der Waals surface area contributed by atoms with E-state index in [0.29, 0.717) is 13.2 Å². The van der Waals surface area contributed by atoms with Crippen molar-refractivity contribution in [2.24, 2.45) is 0 Å². The zero-order valence-corrected chi connectivity index (χ0v) is 10.9. The molecule has 0 aliphatic carbocycles. The molecule has 0 atom stereocenters. The Balaban J connectivity index is 1.63. The van der Waals surface area contributed by atoms with Crippen LogP contribution in [-0.4, -0.2) is 30.2 Å². The maximum absolute atomic E-state index is 5.59. The van der Waals surface area contributed by atoms with Crippen molar-refractivity contribution in [1.29, 1.82) is 0 Å². The van der Waals surface area contributed by atoms with Gasteiger partial charge in [-0.15, -0.1) is 0 Å².